The smallest absolute Gasteiger partial charge is 0.258 e. The van der Waals surface area contributed by atoms with Crippen molar-refractivity contribution >= 4 is 17.9 Å². The number of amides is 1. The molecule has 42 heavy (non-hydrogen) atoms. The zero-order valence-electron chi connectivity index (χ0n) is 23.8. The average Bonchev–Trinajstić information content (AvgIpc) is 3.33. The van der Waals surface area contributed by atoms with Gasteiger partial charge in [0, 0.05) is 29.9 Å². The Morgan fingerprint density at radius 2 is 1.55 bits per heavy atom. The van der Waals surface area contributed by atoms with Gasteiger partial charge in [-0.1, -0.05) is 62.4 Å². The maximum Gasteiger partial charge on any atom is 0.258 e. The van der Waals surface area contributed by atoms with Crippen molar-refractivity contribution in [1.82, 2.24) is 4.57 Å². The van der Waals surface area contributed by atoms with E-state index in [0.29, 0.717) is 34.4 Å². The highest BCUT2D eigenvalue weighted by atomic mass is 19.1. The molecule has 3 unspecified atom stereocenters. The topological polar surface area (TPSA) is 112 Å². The molecule has 0 saturated carbocycles. The summed E-state index contributed by atoms with van der Waals surface area (Å²) in [5.41, 5.74) is 4.78. The van der Waals surface area contributed by atoms with E-state index in [4.69, 9.17) is 0 Å². The lowest BCUT2D eigenvalue weighted by molar-refractivity contribution is -0.116. The first-order chi connectivity index (χ1) is 20.2. The SMILES string of the molecule is CC(C)c1c(C(=O)Nc2ccccc2)c(-c2ccccc2)c(-c2ccc(F)cc2)n1CCC(O)CC(O)C(C=O)CO. The van der Waals surface area contributed by atoms with E-state index in [0.717, 1.165) is 11.3 Å². The van der Waals surface area contributed by atoms with Crippen LogP contribution in [0, 0.1) is 11.7 Å². The van der Waals surface area contributed by atoms with Crippen LogP contribution in [0.4, 0.5) is 10.1 Å². The summed E-state index contributed by atoms with van der Waals surface area (Å²) in [6, 6.07) is 24.8. The molecule has 0 aliphatic heterocycles. The van der Waals surface area contributed by atoms with E-state index in [9.17, 15) is 29.3 Å². The number of anilines is 1. The van der Waals surface area contributed by atoms with Crippen molar-refractivity contribution in [3.8, 4) is 22.4 Å². The van der Waals surface area contributed by atoms with Gasteiger partial charge in [0.2, 0.25) is 0 Å². The Morgan fingerprint density at radius 1 is 0.929 bits per heavy atom. The number of aliphatic hydroxyl groups excluding tert-OH is 3. The van der Waals surface area contributed by atoms with Crippen LogP contribution in [0.2, 0.25) is 0 Å². The van der Waals surface area contributed by atoms with E-state index < -0.39 is 24.7 Å². The number of carbonyl (C=O) groups is 2. The lowest BCUT2D eigenvalue weighted by atomic mass is 9.94. The Hall–Kier alpha value is -4.11. The van der Waals surface area contributed by atoms with Crippen molar-refractivity contribution in [2.75, 3.05) is 11.9 Å². The van der Waals surface area contributed by atoms with E-state index in [1.807, 2.05) is 79.1 Å². The molecule has 0 fully saturated rings. The number of para-hydroxylation sites is 1. The fraction of sp³-hybridized carbons (Fsp3) is 0.294. The summed E-state index contributed by atoms with van der Waals surface area (Å²) >= 11 is 0. The van der Waals surface area contributed by atoms with E-state index in [1.165, 1.54) is 12.1 Å². The zero-order chi connectivity index (χ0) is 30.2. The van der Waals surface area contributed by atoms with Gasteiger partial charge >= 0.3 is 0 Å². The summed E-state index contributed by atoms with van der Waals surface area (Å²) in [5, 5.41) is 33.6. The van der Waals surface area contributed by atoms with Crippen LogP contribution >= 0.6 is 0 Å². The van der Waals surface area contributed by atoms with Gasteiger partial charge < -0.3 is 30.0 Å². The van der Waals surface area contributed by atoms with Crippen LogP contribution in [-0.4, -0.2) is 50.9 Å². The van der Waals surface area contributed by atoms with Crippen LogP contribution < -0.4 is 5.32 Å². The van der Waals surface area contributed by atoms with Crippen LogP contribution in [0.3, 0.4) is 0 Å². The maximum atomic E-state index is 14.1. The van der Waals surface area contributed by atoms with Crippen molar-refractivity contribution in [2.24, 2.45) is 5.92 Å². The Kier molecular flexibility index (Phi) is 10.4. The summed E-state index contributed by atoms with van der Waals surface area (Å²) in [6.07, 6.45) is -1.60. The second-order valence-corrected chi connectivity index (χ2v) is 10.7. The molecular formula is C34H37FN2O5. The number of carbonyl (C=O) groups excluding carboxylic acids is 2. The number of aliphatic hydroxyl groups is 3. The Morgan fingerprint density at radius 3 is 2.12 bits per heavy atom. The molecule has 1 aromatic heterocycles. The lowest BCUT2D eigenvalue weighted by Crippen LogP contribution is -2.29. The molecule has 3 aromatic carbocycles. The normalized spacial score (nSPS) is 13.5. The molecule has 4 aromatic rings. The average molecular weight is 573 g/mol. The third-order valence-electron chi connectivity index (χ3n) is 7.37. The highest BCUT2D eigenvalue weighted by molar-refractivity contribution is 6.12. The van der Waals surface area contributed by atoms with E-state index in [-0.39, 0.29) is 37.0 Å². The monoisotopic (exact) mass is 572 g/mol. The summed E-state index contributed by atoms with van der Waals surface area (Å²) in [4.78, 5) is 25.3. The Bertz CT molecular complexity index is 1470. The number of nitrogens with one attached hydrogen (secondary N) is 1. The predicted molar refractivity (Wildman–Crippen MR) is 162 cm³/mol. The van der Waals surface area contributed by atoms with Crippen molar-refractivity contribution in [2.45, 2.75) is 51.4 Å². The van der Waals surface area contributed by atoms with Gasteiger partial charge in [0.05, 0.1) is 36.0 Å². The highest BCUT2D eigenvalue weighted by Gasteiger charge is 2.31. The van der Waals surface area contributed by atoms with Crippen molar-refractivity contribution in [3.05, 3.63) is 102 Å². The van der Waals surface area contributed by atoms with Gasteiger partial charge in [-0.25, -0.2) is 4.39 Å². The summed E-state index contributed by atoms with van der Waals surface area (Å²) < 4.78 is 16.0. The number of hydrogen-bond donors (Lipinski definition) is 4. The molecule has 3 atom stereocenters. The fourth-order valence-electron chi connectivity index (χ4n) is 5.31. The van der Waals surface area contributed by atoms with Crippen molar-refractivity contribution in [1.29, 1.82) is 0 Å². The lowest BCUT2D eigenvalue weighted by Gasteiger charge is -2.21. The standard InChI is InChI=1S/C34H37FN2O5/c1-22(2)32-31(34(42)36-27-11-7-4-8-12-27)30(23-9-5-3-6-10-23)33(24-13-15-26(35)16-14-24)37(32)18-17-28(40)19-29(41)25(20-38)21-39/h3-16,20,22,25,28-29,39-41H,17-19,21H2,1-2H3,(H,36,42). The molecule has 0 radical (unpaired) electrons. The molecule has 0 saturated heterocycles. The number of aldehydes is 1. The van der Waals surface area contributed by atoms with Gasteiger partial charge in [-0.2, -0.15) is 0 Å². The first-order valence-corrected chi connectivity index (χ1v) is 14.1. The number of nitrogens with zero attached hydrogens (tertiary/aromatic N) is 1. The van der Waals surface area contributed by atoms with Gasteiger partial charge in [-0.15, -0.1) is 0 Å². The number of aromatic nitrogens is 1. The van der Waals surface area contributed by atoms with Gasteiger partial charge in [0.15, 0.2) is 0 Å². The minimum Gasteiger partial charge on any atom is -0.396 e. The molecule has 0 aliphatic rings. The second-order valence-electron chi connectivity index (χ2n) is 10.7. The Balaban J connectivity index is 1.88. The fourth-order valence-corrected chi connectivity index (χ4v) is 5.31. The molecule has 0 spiro atoms. The zero-order valence-corrected chi connectivity index (χ0v) is 23.8. The molecule has 4 N–H and O–H groups in total. The van der Waals surface area contributed by atoms with E-state index in [1.54, 1.807) is 12.1 Å². The molecular weight excluding hydrogens is 535 g/mol. The number of benzene rings is 3. The minimum absolute atomic E-state index is 0.0962. The quantitative estimate of drug-likeness (QED) is 0.155. The first kappa shape index (κ1) is 30.8. The van der Waals surface area contributed by atoms with Crippen LogP contribution in [0.15, 0.2) is 84.9 Å². The predicted octanol–water partition coefficient (Wildman–Crippen LogP) is 5.65. The van der Waals surface area contributed by atoms with Crippen molar-refractivity contribution in [3.63, 3.8) is 0 Å². The van der Waals surface area contributed by atoms with Gasteiger partial charge in [0.25, 0.3) is 5.91 Å². The minimum atomic E-state index is -1.19. The summed E-state index contributed by atoms with van der Waals surface area (Å²) in [6.45, 7) is 3.74. The molecule has 8 heteroatoms. The molecule has 7 nitrogen and oxygen atoms in total. The van der Waals surface area contributed by atoms with Crippen LogP contribution in [0.1, 0.15) is 48.7 Å². The highest BCUT2D eigenvalue weighted by Crippen LogP contribution is 2.42. The summed E-state index contributed by atoms with van der Waals surface area (Å²) in [7, 11) is 0. The first-order valence-electron chi connectivity index (χ1n) is 14.1. The van der Waals surface area contributed by atoms with Crippen LogP contribution in [-0.2, 0) is 11.3 Å². The third-order valence-corrected chi connectivity index (χ3v) is 7.37. The Labute approximate surface area is 245 Å². The third kappa shape index (κ3) is 7.02. The number of hydrogen-bond acceptors (Lipinski definition) is 5. The largest absolute Gasteiger partial charge is 0.396 e. The molecule has 0 bridgehead atoms. The van der Waals surface area contributed by atoms with Gasteiger partial charge in [-0.05, 0) is 59.9 Å². The van der Waals surface area contributed by atoms with Crippen LogP contribution in [0.5, 0.6) is 0 Å². The maximum absolute atomic E-state index is 14.1. The van der Waals surface area contributed by atoms with E-state index >= 15 is 0 Å². The summed E-state index contributed by atoms with van der Waals surface area (Å²) in [5.74, 6) is -1.78. The van der Waals surface area contributed by atoms with Gasteiger partial charge in [-0.3, -0.25) is 4.79 Å². The number of halogens is 1. The molecule has 1 heterocycles. The molecule has 4 rings (SSSR count). The molecule has 0 aliphatic carbocycles. The molecule has 1 amide bonds. The van der Waals surface area contributed by atoms with Crippen LogP contribution in [0.25, 0.3) is 22.4 Å². The number of rotatable bonds is 13. The second kappa shape index (κ2) is 14.2. The van der Waals surface area contributed by atoms with E-state index in [2.05, 4.69) is 5.32 Å². The van der Waals surface area contributed by atoms with Gasteiger partial charge in [0.1, 0.15) is 12.1 Å². The van der Waals surface area contributed by atoms with Crippen molar-refractivity contribution < 1.29 is 29.3 Å². The molecule has 220 valence electrons.